The number of nitrogens with one attached hydrogen (secondary N) is 1. The van der Waals surface area contributed by atoms with Crippen molar-refractivity contribution in [3.05, 3.63) is 40.9 Å². The molecular formula is C16H18ClNO3. The molecule has 112 valence electrons. The number of carbonyl (C=O) groups excluding carboxylic acids is 1. The molecule has 0 bridgehead atoms. The molecule has 0 aromatic heterocycles. The maximum absolute atomic E-state index is 11.8. The number of rotatable bonds is 4. The Balaban J connectivity index is 1.81. The van der Waals surface area contributed by atoms with Crippen LogP contribution >= 0.6 is 11.6 Å². The molecule has 1 aromatic carbocycles. The van der Waals surface area contributed by atoms with Crippen LogP contribution in [0.5, 0.6) is 0 Å². The lowest BCUT2D eigenvalue weighted by molar-refractivity contribution is -0.142. The van der Waals surface area contributed by atoms with Gasteiger partial charge in [0.2, 0.25) is 5.91 Å². The highest BCUT2D eigenvalue weighted by Gasteiger charge is 2.26. The van der Waals surface area contributed by atoms with Crippen molar-refractivity contribution in [2.45, 2.75) is 31.7 Å². The number of amides is 1. The van der Waals surface area contributed by atoms with Crippen LogP contribution in [-0.2, 0) is 9.59 Å². The molecule has 1 aliphatic rings. The van der Waals surface area contributed by atoms with Crippen LogP contribution in [0.1, 0.15) is 31.2 Å². The first-order valence-corrected chi connectivity index (χ1v) is 7.39. The van der Waals surface area contributed by atoms with Gasteiger partial charge in [0, 0.05) is 17.1 Å². The molecule has 2 rings (SSSR count). The molecule has 4 nitrogen and oxygen atoms in total. The Bertz CT molecular complexity index is 548. The molecule has 1 fully saturated rings. The number of benzene rings is 1. The number of halogens is 1. The van der Waals surface area contributed by atoms with E-state index in [0.717, 1.165) is 5.56 Å². The van der Waals surface area contributed by atoms with E-state index in [2.05, 4.69) is 5.32 Å². The summed E-state index contributed by atoms with van der Waals surface area (Å²) in [5.41, 5.74) is 0.868. The topological polar surface area (TPSA) is 66.4 Å². The molecule has 0 atom stereocenters. The first-order valence-electron chi connectivity index (χ1n) is 7.01. The molecule has 1 amide bonds. The summed E-state index contributed by atoms with van der Waals surface area (Å²) in [6, 6.07) is 7.32. The highest BCUT2D eigenvalue weighted by molar-refractivity contribution is 6.30. The second-order valence-corrected chi connectivity index (χ2v) is 5.72. The fourth-order valence-corrected chi connectivity index (χ4v) is 2.71. The summed E-state index contributed by atoms with van der Waals surface area (Å²) in [5, 5.41) is 12.5. The molecule has 0 aliphatic heterocycles. The third-order valence-electron chi connectivity index (χ3n) is 3.70. The van der Waals surface area contributed by atoms with E-state index >= 15 is 0 Å². The van der Waals surface area contributed by atoms with Gasteiger partial charge in [-0.1, -0.05) is 23.7 Å². The second-order valence-electron chi connectivity index (χ2n) is 5.28. The Morgan fingerprint density at radius 1 is 1.24 bits per heavy atom. The summed E-state index contributed by atoms with van der Waals surface area (Å²) >= 11 is 5.87. The van der Waals surface area contributed by atoms with E-state index in [1.165, 1.54) is 6.08 Å². The van der Waals surface area contributed by atoms with Crippen LogP contribution in [0.25, 0.3) is 6.08 Å². The molecule has 1 saturated carbocycles. The maximum atomic E-state index is 11.8. The first kappa shape index (κ1) is 15.6. The molecule has 21 heavy (non-hydrogen) atoms. The number of carboxylic acid groups (broad SMARTS) is 1. The SMILES string of the molecule is O=C(/C=C/c1cccc(Cl)c1)NC1CCC(C(=O)O)CC1. The van der Waals surface area contributed by atoms with Gasteiger partial charge in [-0.15, -0.1) is 0 Å². The van der Waals surface area contributed by atoms with Crippen LogP contribution in [0.2, 0.25) is 5.02 Å². The quantitative estimate of drug-likeness (QED) is 0.840. The van der Waals surface area contributed by atoms with Crippen LogP contribution in [0.3, 0.4) is 0 Å². The van der Waals surface area contributed by atoms with E-state index in [1.807, 2.05) is 12.1 Å². The Morgan fingerprint density at radius 3 is 2.57 bits per heavy atom. The molecule has 0 heterocycles. The van der Waals surface area contributed by atoms with Crippen LogP contribution in [0.4, 0.5) is 0 Å². The van der Waals surface area contributed by atoms with Crippen molar-refractivity contribution in [3.63, 3.8) is 0 Å². The minimum Gasteiger partial charge on any atom is -0.481 e. The van der Waals surface area contributed by atoms with E-state index in [1.54, 1.807) is 18.2 Å². The average molecular weight is 308 g/mol. The number of aliphatic carboxylic acids is 1. The van der Waals surface area contributed by atoms with Crippen molar-refractivity contribution >= 4 is 29.6 Å². The lowest BCUT2D eigenvalue weighted by atomic mass is 9.86. The van der Waals surface area contributed by atoms with Gasteiger partial charge in [-0.25, -0.2) is 0 Å². The molecule has 0 saturated heterocycles. The lowest BCUT2D eigenvalue weighted by Crippen LogP contribution is -2.37. The van der Waals surface area contributed by atoms with Crippen molar-refractivity contribution < 1.29 is 14.7 Å². The first-order chi connectivity index (χ1) is 10.0. The molecule has 5 heteroatoms. The summed E-state index contributed by atoms with van der Waals surface area (Å²) in [7, 11) is 0. The van der Waals surface area contributed by atoms with Crippen LogP contribution in [0, 0.1) is 5.92 Å². The summed E-state index contributed by atoms with van der Waals surface area (Å²) in [6.45, 7) is 0. The Labute approximate surface area is 128 Å². The number of carboxylic acids is 1. The van der Waals surface area contributed by atoms with Crippen molar-refractivity contribution in [3.8, 4) is 0 Å². The summed E-state index contributed by atoms with van der Waals surface area (Å²) in [5.74, 6) is -1.16. The standard InChI is InChI=1S/C16H18ClNO3/c17-13-3-1-2-11(10-13)4-9-15(19)18-14-7-5-12(6-8-14)16(20)21/h1-4,9-10,12,14H,5-8H2,(H,18,19)(H,20,21)/b9-4+. The molecule has 0 unspecified atom stereocenters. The smallest absolute Gasteiger partial charge is 0.306 e. The van der Waals surface area contributed by atoms with Gasteiger partial charge in [-0.05, 0) is 49.5 Å². The zero-order chi connectivity index (χ0) is 15.2. The van der Waals surface area contributed by atoms with Gasteiger partial charge in [0.25, 0.3) is 0 Å². The highest BCUT2D eigenvalue weighted by Crippen LogP contribution is 2.24. The van der Waals surface area contributed by atoms with Crippen molar-refractivity contribution in [1.82, 2.24) is 5.32 Å². The molecule has 0 spiro atoms. The van der Waals surface area contributed by atoms with Gasteiger partial charge in [0.05, 0.1) is 5.92 Å². The van der Waals surface area contributed by atoms with Gasteiger partial charge in [0.1, 0.15) is 0 Å². The minimum atomic E-state index is -0.736. The maximum Gasteiger partial charge on any atom is 0.306 e. The van der Waals surface area contributed by atoms with E-state index in [4.69, 9.17) is 16.7 Å². The van der Waals surface area contributed by atoms with E-state index in [-0.39, 0.29) is 17.9 Å². The van der Waals surface area contributed by atoms with E-state index in [0.29, 0.717) is 30.7 Å². The van der Waals surface area contributed by atoms with E-state index < -0.39 is 5.97 Å². The second kappa shape index (κ2) is 7.27. The predicted octanol–water partition coefficient (Wildman–Crippen LogP) is 3.11. The summed E-state index contributed by atoms with van der Waals surface area (Å²) in [4.78, 5) is 22.7. The van der Waals surface area contributed by atoms with Gasteiger partial charge < -0.3 is 10.4 Å². The zero-order valence-corrected chi connectivity index (χ0v) is 12.3. The summed E-state index contributed by atoms with van der Waals surface area (Å²) < 4.78 is 0. The molecule has 1 aliphatic carbocycles. The molecule has 1 aromatic rings. The largest absolute Gasteiger partial charge is 0.481 e. The summed E-state index contributed by atoms with van der Waals surface area (Å²) in [6.07, 6.45) is 5.87. The average Bonchev–Trinajstić information content (AvgIpc) is 2.46. The number of hydrogen-bond acceptors (Lipinski definition) is 2. The molecule has 0 radical (unpaired) electrons. The molecular weight excluding hydrogens is 290 g/mol. The fourth-order valence-electron chi connectivity index (χ4n) is 2.52. The third-order valence-corrected chi connectivity index (χ3v) is 3.93. The van der Waals surface area contributed by atoms with Gasteiger partial charge >= 0.3 is 5.97 Å². The minimum absolute atomic E-state index is 0.0668. The van der Waals surface area contributed by atoms with Gasteiger partial charge in [0.15, 0.2) is 0 Å². The van der Waals surface area contributed by atoms with Crippen LogP contribution in [-0.4, -0.2) is 23.0 Å². The lowest BCUT2D eigenvalue weighted by Gasteiger charge is -2.26. The van der Waals surface area contributed by atoms with Crippen LogP contribution in [0.15, 0.2) is 30.3 Å². The highest BCUT2D eigenvalue weighted by atomic mass is 35.5. The monoisotopic (exact) mass is 307 g/mol. The Morgan fingerprint density at radius 2 is 1.95 bits per heavy atom. The van der Waals surface area contributed by atoms with Crippen molar-refractivity contribution in [2.75, 3.05) is 0 Å². The number of carbonyl (C=O) groups is 2. The third kappa shape index (κ3) is 4.90. The Kier molecular flexibility index (Phi) is 5.39. The van der Waals surface area contributed by atoms with Crippen molar-refractivity contribution in [2.24, 2.45) is 5.92 Å². The van der Waals surface area contributed by atoms with E-state index in [9.17, 15) is 9.59 Å². The van der Waals surface area contributed by atoms with Gasteiger partial charge in [-0.3, -0.25) is 9.59 Å². The predicted molar refractivity (Wildman–Crippen MR) is 82.0 cm³/mol. The van der Waals surface area contributed by atoms with Crippen molar-refractivity contribution in [1.29, 1.82) is 0 Å². The van der Waals surface area contributed by atoms with Crippen LogP contribution < -0.4 is 5.32 Å². The zero-order valence-electron chi connectivity index (χ0n) is 11.6. The van der Waals surface area contributed by atoms with Gasteiger partial charge in [-0.2, -0.15) is 0 Å². The fraction of sp³-hybridized carbons (Fsp3) is 0.375. The molecule has 2 N–H and O–H groups in total. The number of hydrogen-bond donors (Lipinski definition) is 2. The normalized spacial score (nSPS) is 22.1. The Hall–Kier alpha value is -1.81.